The molecule has 3 aromatic rings. The van der Waals surface area contributed by atoms with Gasteiger partial charge in [0.25, 0.3) is 0 Å². The Morgan fingerprint density at radius 1 is 1.14 bits per heavy atom. The number of anilines is 1. The largest absolute Gasteiger partial charge is 0.473 e. The minimum atomic E-state index is -1.82. The molecule has 28 heavy (non-hydrogen) atoms. The predicted octanol–water partition coefficient (Wildman–Crippen LogP) is 3.76. The maximum absolute atomic E-state index is 13.8. The lowest BCUT2D eigenvalue weighted by molar-refractivity contribution is -0.159. The van der Waals surface area contributed by atoms with Crippen molar-refractivity contribution in [3.8, 4) is 11.3 Å². The minimum absolute atomic E-state index is 0.229. The first-order valence-corrected chi connectivity index (χ1v) is 8.80. The van der Waals surface area contributed by atoms with Crippen molar-refractivity contribution in [1.29, 1.82) is 0 Å². The number of hydrogen-bond donors (Lipinski definition) is 3. The maximum atomic E-state index is 13.8. The number of carboxylic acid groups (broad SMARTS) is 2. The highest BCUT2D eigenvalue weighted by Crippen LogP contribution is 2.22. The Labute approximate surface area is 168 Å². The molecule has 0 saturated carbocycles. The van der Waals surface area contributed by atoms with Crippen LogP contribution in [0, 0.1) is 5.82 Å². The van der Waals surface area contributed by atoms with Crippen LogP contribution in [0.1, 0.15) is 5.56 Å². The predicted molar refractivity (Wildman–Crippen MR) is 105 cm³/mol. The highest BCUT2D eigenvalue weighted by atomic mass is 79.9. The van der Waals surface area contributed by atoms with Crippen molar-refractivity contribution < 1.29 is 24.2 Å². The van der Waals surface area contributed by atoms with Crippen molar-refractivity contribution >= 4 is 33.8 Å². The summed E-state index contributed by atoms with van der Waals surface area (Å²) in [5.74, 6) is -3.17. The molecule has 0 amide bonds. The number of aliphatic carboxylic acids is 2. The first-order valence-electron chi connectivity index (χ1n) is 8.00. The lowest BCUT2D eigenvalue weighted by Crippen LogP contribution is -2.09. The number of halogens is 2. The minimum Gasteiger partial charge on any atom is -0.473 e. The number of carboxylic acids is 2. The zero-order valence-corrected chi connectivity index (χ0v) is 16.4. The van der Waals surface area contributed by atoms with Crippen LogP contribution >= 0.6 is 15.9 Å². The lowest BCUT2D eigenvalue weighted by atomic mass is 10.2. The number of imidazole rings is 1. The molecule has 0 bridgehead atoms. The van der Waals surface area contributed by atoms with E-state index in [4.69, 9.17) is 19.8 Å². The SMILES string of the molecule is Cn1c(-c2ccccc2)cnc1NCc1cc(Br)ccc1F.O=C(O)C(=O)O. The molecule has 0 saturated heterocycles. The summed E-state index contributed by atoms with van der Waals surface area (Å²) < 4.78 is 16.6. The summed E-state index contributed by atoms with van der Waals surface area (Å²) in [5, 5.41) is 18.0. The van der Waals surface area contributed by atoms with Gasteiger partial charge in [-0.3, -0.25) is 0 Å². The quantitative estimate of drug-likeness (QED) is 0.523. The van der Waals surface area contributed by atoms with Crippen LogP contribution < -0.4 is 5.32 Å². The summed E-state index contributed by atoms with van der Waals surface area (Å²) in [5.41, 5.74) is 2.70. The van der Waals surface area contributed by atoms with E-state index in [0.29, 0.717) is 18.1 Å². The van der Waals surface area contributed by atoms with Crippen LogP contribution in [-0.2, 0) is 23.2 Å². The normalized spacial score (nSPS) is 9.96. The maximum Gasteiger partial charge on any atom is 0.414 e. The van der Waals surface area contributed by atoms with Gasteiger partial charge in [-0.1, -0.05) is 46.3 Å². The Kier molecular flexibility index (Phi) is 7.28. The molecule has 146 valence electrons. The molecule has 0 radical (unpaired) electrons. The summed E-state index contributed by atoms with van der Waals surface area (Å²) in [6, 6.07) is 14.9. The molecular weight excluding hydrogens is 433 g/mol. The average Bonchev–Trinajstić information content (AvgIpc) is 3.04. The summed E-state index contributed by atoms with van der Waals surface area (Å²) >= 11 is 3.36. The van der Waals surface area contributed by atoms with Crippen LogP contribution in [0.2, 0.25) is 0 Å². The van der Waals surface area contributed by atoms with Gasteiger partial charge in [-0.25, -0.2) is 19.0 Å². The van der Waals surface area contributed by atoms with Crippen LogP contribution in [-0.4, -0.2) is 31.7 Å². The second kappa shape index (κ2) is 9.65. The molecule has 0 unspecified atom stereocenters. The second-order valence-electron chi connectivity index (χ2n) is 5.59. The van der Waals surface area contributed by atoms with Crippen LogP contribution in [0.3, 0.4) is 0 Å². The molecule has 0 fully saturated rings. The molecule has 1 aromatic heterocycles. The van der Waals surface area contributed by atoms with Gasteiger partial charge < -0.3 is 20.1 Å². The fourth-order valence-corrected chi connectivity index (χ4v) is 2.71. The molecule has 0 aliphatic rings. The Bertz CT molecular complexity index is 965. The number of aromatic nitrogens is 2. The highest BCUT2D eigenvalue weighted by molar-refractivity contribution is 9.10. The first kappa shape index (κ1) is 21.1. The van der Waals surface area contributed by atoms with Gasteiger partial charge in [-0.05, 0) is 23.8 Å². The molecular formula is C19H17BrFN3O4. The lowest BCUT2D eigenvalue weighted by Gasteiger charge is -2.09. The van der Waals surface area contributed by atoms with Gasteiger partial charge >= 0.3 is 11.9 Å². The van der Waals surface area contributed by atoms with Gasteiger partial charge in [0.1, 0.15) is 5.82 Å². The van der Waals surface area contributed by atoms with Gasteiger partial charge in [0, 0.05) is 23.6 Å². The van der Waals surface area contributed by atoms with E-state index in [-0.39, 0.29) is 5.82 Å². The van der Waals surface area contributed by atoms with E-state index in [0.717, 1.165) is 15.7 Å². The number of hydrogen-bond acceptors (Lipinski definition) is 4. The number of nitrogens with one attached hydrogen (secondary N) is 1. The van der Waals surface area contributed by atoms with E-state index in [1.807, 2.05) is 48.1 Å². The van der Waals surface area contributed by atoms with Crippen LogP contribution in [0.4, 0.5) is 10.3 Å². The number of rotatable bonds is 4. The van der Waals surface area contributed by atoms with E-state index < -0.39 is 11.9 Å². The zero-order chi connectivity index (χ0) is 20.7. The number of benzene rings is 2. The molecule has 3 rings (SSSR count). The van der Waals surface area contributed by atoms with E-state index in [2.05, 4.69) is 26.2 Å². The summed E-state index contributed by atoms with van der Waals surface area (Å²) in [6.45, 7) is 0.379. The van der Waals surface area contributed by atoms with Crippen LogP contribution in [0.5, 0.6) is 0 Å². The van der Waals surface area contributed by atoms with Gasteiger partial charge in [0.15, 0.2) is 0 Å². The van der Waals surface area contributed by atoms with E-state index >= 15 is 0 Å². The Balaban J connectivity index is 0.000000409. The molecule has 2 aromatic carbocycles. The summed E-state index contributed by atoms with van der Waals surface area (Å²) in [6.07, 6.45) is 1.81. The average molecular weight is 450 g/mol. The second-order valence-corrected chi connectivity index (χ2v) is 6.51. The molecule has 9 heteroatoms. The molecule has 3 N–H and O–H groups in total. The Morgan fingerprint density at radius 2 is 1.79 bits per heavy atom. The fourth-order valence-electron chi connectivity index (χ4n) is 2.30. The van der Waals surface area contributed by atoms with Crippen molar-refractivity contribution in [3.05, 3.63) is 70.6 Å². The number of carbonyl (C=O) groups is 2. The fraction of sp³-hybridized carbons (Fsp3) is 0.105. The molecule has 0 aliphatic carbocycles. The van der Waals surface area contributed by atoms with Crippen LogP contribution in [0.25, 0.3) is 11.3 Å². The van der Waals surface area contributed by atoms with Gasteiger partial charge in [0.05, 0.1) is 11.9 Å². The molecule has 0 atom stereocenters. The Hall–Kier alpha value is -3.20. The van der Waals surface area contributed by atoms with Crippen molar-refractivity contribution in [1.82, 2.24) is 9.55 Å². The zero-order valence-electron chi connectivity index (χ0n) is 14.8. The molecule has 0 aliphatic heterocycles. The van der Waals surface area contributed by atoms with Crippen molar-refractivity contribution in [2.45, 2.75) is 6.54 Å². The number of nitrogens with zero attached hydrogens (tertiary/aromatic N) is 2. The van der Waals surface area contributed by atoms with E-state index in [1.165, 1.54) is 6.07 Å². The van der Waals surface area contributed by atoms with Crippen molar-refractivity contribution in [3.63, 3.8) is 0 Å². The van der Waals surface area contributed by atoms with Crippen molar-refractivity contribution in [2.24, 2.45) is 7.05 Å². The third-order valence-corrected chi connectivity index (χ3v) is 4.18. The molecule has 1 heterocycles. The molecule has 7 nitrogen and oxygen atoms in total. The first-order chi connectivity index (χ1) is 13.3. The van der Waals surface area contributed by atoms with Crippen LogP contribution in [0.15, 0.2) is 59.2 Å². The van der Waals surface area contributed by atoms with Gasteiger partial charge in [0.2, 0.25) is 5.95 Å². The molecule has 0 spiro atoms. The van der Waals surface area contributed by atoms with E-state index in [9.17, 15) is 4.39 Å². The third kappa shape index (κ3) is 5.65. The smallest absolute Gasteiger partial charge is 0.414 e. The van der Waals surface area contributed by atoms with Crippen molar-refractivity contribution in [2.75, 3.05) is 5.32 Å². The van der Waals surface area contributed by atoms with Gasteiger partial charge in [-0.2, -0.15) is 0 Å². The van der Waals surface area contributed by atoms with E-state index in [1.54, 1.807) is 12.1 Å². The van der Waals surface area contributed by atoms with Gasteiger partial charge in [-0.15, -0.1) is 0 Å². The topological polar surface area (TPSA) is 104 Å². The standard InChI is InChI=1S/C17H15BrFN3.C2H2O4/c1-22-16(12-5-3-2-4-6-12)11-21-17(22)20-10-13-9-14(18)7-8-15(13)19;3-1(4)2(5)6/h2-9,11H,10H2,1H3,(H,20,21);(H,3,4)(H,5,6). The highest BCUT2D eigenvalue weighted by Gasteiger charge is 2.09. The summed E-state index contributed by atoms with van der Waals surface area (Å²) in [4.78, 5) is 22.6. The monoisotopic (exact) mass is 449 g/mol. The Morgan fingerprint density at radius 3 is 2.39 bits per heavy atom. The summed E-state index contributed by atoms with van der Waals surface area (Å²) in [7, 11) is 1.94. The third-order valence-electron chi connectivity index (χ3n) is 3.69.